The fourth-order valence-electron chi connectivity index (χ4n) is 2.58. The Morgan fingerprint density at radius 2 is 2.13 bits per heavy atom. The molecule has 120 valence electrons. The average molecular weight is 321 g/mol. The lowest BCUT2D eigenvalue weighted by Gasteiger charge is -2.24. The quantitative estimate of drug-likeness (QED) is 0.851. The third-order valence-electron chi connectivity index (χ3n) is 3.95. The molecule has 0 saturated heterocycles. The molecule has 0 N–H and O–H groups in total. The van der Waals surface area contributed by atoms with Crippen molar-refractivity contribution in [1.82, 2.24) is 9.78 Å². The summed E-state index contributed by atoms with van der Waals surface area (Å²) in [7, 11) is 0. The Morgan fingerprint density at radius 1 is 1.35 bits per heavy atom. The molecule has 0 unspecified atom stereocenters. The molecule has 3 rings (SSSR count). The van der Waals surface area contributed by atoms with E-state index in [-0.39, 0.29) is 16.9 Å². The van der Waals surface area contributed by atoms with Crippen LogP contribution in [0.1, 0.15) is 24.8 Å². The Labute approximate surface area is 131 Å². The van der Waals surface area contributed by atoms with Crippen LogP contribution in [-0.2, 0) is 6.54 Å². The van der Waals surface area contributed by atoms with E-state index in [2.05, 4.69) is 9.84 Å². The first-order valence-electron chi connectivity index (χ1n) is 7.27. The molecular weight excluding hydrogens is 307 g/mol. The van der Waals surface area contributed by atoms with Gasteiger partial charge in [0, 0.05) is 23.9 Å². The summed E-state index contributed by atoms with van der Waals surface area (Å²) in [6.07, 6.45) is 1.96. The van der Waals surface area contributed by atoms with Crippen molar-refractivity contribution < 1.29 is 17.9 Å². The van der Waals surface area contributed by atoms with Crippen molar-refractivity contribution in [3.63, 3.8) is 0 Å². The Morgan fingerprint density at radius 3 is 2.74 bits per heavy atom. The van der Waals surface area contributed by atoms with Gasteiger partial charge in [0.05, 0.1) is 17.8 Å². The first kappa shape index (κ1) is 15.4. The number of hydrogen-bond acceptors (Lipinski definition) is 3. The fraction of sp³-hybridized carbons (Fsp3) is 0.375. The average Bonchev–Trinajstić information content (AvgIpc) is 2.89. The third kappa shape index (κ3) is 3.65. The molecule has 0 bridgehead atoms. The number of hydrogen-bond donors (Lipinski definition) is 0. The van der Waals surface area contributed by atoms with E-state index in [9.17, 15) is 13.2 Å². The lowest BCUT2D eigenvalue weighted by Crippen LogP contribution is -2.18. The lowest BCUT2D eigenvalue weighted by molar-refractivity contribution is -0.274. The highest BCUT2D eigenvalue weighted by Gasteiger charge is 2.32. The number of nitriles is 1. The molecule has 1 saturated carbocycles. The minimum absolute atomic E-state index is 0.106. The summed E-state index contributed by atoms with van der Waals surface area (Å²) >= 11 is 0. The third-order valence-corrected chi connectivity index (χ3v) is 3.95. The maximum Gasteiger partial charge on any atom is 0.573 e. The second-order valence-corrected chi connectivity index (χ2v) is 5.62. The van der Waals surface area contributed by atoms with Crippen LogP contribution < -0.4 is 4.74 Å². The van der Waals surface area contributed by atoms with Crippen molar-refractivity contribution in [2.24, 2.45) is 5.92 Å². The van der Waals surface area contributed by atoms with Crippen molar-refractivity contribution >= 4 is 0 Å². The maximum absolute atomic E-state index is 12.6. The first-order valence-corrected chi connectivity index (χ1v) is 7.27. The van der Waals surface area contributed by atoms with E-state index < -0.39 is 6.36 Å². The molecule has 1 aliphatic rings. The second-order valence-electron chi connectivity index (χ2n) is 5.62. The summed E-state index contributed by atoms with van der Waals surface area (Å²) in [4.78, 5) is 0. The van der Waals surface area contributed by atoms with Gasteiger partial charge in [-0.15, -0.1) is 13.2 Å². The molecule has 4 nitrogen and oxygen atoms in total. The molecule has 2 aromatic rings. The largest absolute Gasteiger partial charge is 0.573 e. The molecular formula is C16H14F3N3O. The summed E-state index contributed by atoms with van der Waals surface area (Å²) in [5.74, 6) is 0.203. The molecule has 1 aromatic carbocycles. The molecule has 0 amide bonds. The summed E-state index contributed by atoms with van der Waals surface area (Å²) in [5, 5.41) is 13.1. The predicted octanol–water partition coefficient (Wildman–Crippen LogP) is 4.12. The van der Waals surface area contributed by atoms with Crippen molar-refractivity contribution in [3.05, 3.63) is 36.2 Å². The Kier molecular flexibility index (Phi) is 3.99. The maximum atomic E-state index is 12.6. The number of benzene rings is 1. The molecule has 0 aliphatic heterocycles. The fourth-order valence-corrected chi connectivity index (χ4v) is 2.58. The van der Waals surface area contributed by atoms with Gasteiger partial charge in [-0.1, -0.05) is 6.42 Å². The number of ether oxygens (including phenoxy) is 1. The highest BCUT2D eigenvalue weighted by atomic mass is 19.4. The van der Waals surface area contributed by atoms with Gasteiger partial charge in [0.2, 0.25) is 0 Å². The van der Waals surface area contributed by atoms with Gasteiger partial charge in [-0.25, -0.2) is 0 Å². The highest BCUT2D eigenvalue weighted by Crippen LogP contribution is 2.35. The van der Waals surface area contributed by atoms with Gasteiger partial charge < -0.3 is 4.74 Å². The van der Waals surface area contributed by atoms with Crippen LogP contribution in [0.3, 0.4) is 0 Å². The topological polar surface area (TPSA) is 50.8 Å². The summed E-state index contributed by atoms with van der Waals surface area (Å²) in [6.45, 7) is 0.770. The van der Waals surface area contributed by atoms with Crippen LogP contribution in [-0.4, -0.2) is 16.1 Å². The van der Waals surface area contributed by atoms with Gasteiger partial charge in [-0.2, -0.15) is 10.4 Å². The Bertz CT molecular complexity index is 742. The Balaban J connectivity index is 1.90. The summed E-state index contributed by atoms with van der Waals surface area (Å²) < 4.78 is 43.5. The number of halogens is 3. The molecule has 1 fully saturated rings. The van der Waals surface area contributed by atoms with Gasteiger partial charge in [0.25, 0.3) is 0 Å². The number of alkyl halides is 3. The van der Waals surface area contributed by atoms with Gasteiger partial charge in [0.1, 0.15) is 5.75 Å². The molecule has 1 heterocycles. The monoisotopic (exact) mass is 321 g/mol. The zero-order valence-corrected chi connectivity index (χ0v) is 12.2. The normalized spacial score (nSPS) is 15.0. The zero-order valence-electron chi connectivity index (χ0n) is 12.2. The lowest BCUT2D eigenvalue weighted by atomic mass is 9.85. The van der Waals surface area contributed by atoms with Crippen molar-refractivity contribution in [1.29, 1.82) is 5.26 Å². The highest BCUT2D eigenvalue weighted by molar-refractivity contribution is 5.70. The van der Waals surface area contributed by atoms with Crippen LogP contribution in [0.2, 0.25) is 0 Å². The van der Waals surface area contributed by atoms with E-state index in [4.69, 9.17) is 5.26 Å². The van der Waals surface area contributed by atoms with E-state index in [1.165, 1.54) is 24.8 Å². The van der Waals surface area contributed by atoms with E-state index >= 15 is 0 Å². The van der Waals surface area contributed by atoms with Crippen molar-refractivity contribution in [2.45, 2.75) is 32.2 Å². The molecule has 0 spiro atoms. The second kappa shape index (κ2) is 5.95. The molecule has 23 heavy (non-hydrogen) atoms. The minimum Gasteiger partial charge on any atom is -0.405 e. The summed E-state index contributed by atoms with van der Waals surface area (Å²) in [6, 6.07) is 5.81. The minimum atomic E-state index is -4.81. The number of aromatic nitrogens is 2. The predicted molar refractivity (Wildman–Crippen MR) is 76.4 cm³/mol. The van der Waals surface area contributed by atoms with E-state index in [0.29, 0.717) is 11.5 Å². The molecule has 7 heteroatoms. The van der Waals surface area contributed by atoms with E-state index in [1.54, 1.807) is 10.9 Å². The standard InChI is InChI=1S/C16H14F3N3O/c17-16(18,19)23-15-6-12(7-20)4-5-14(15)13-8-21-22(10-13)9-11-2-1-3-11/h4-6,8,10-11H,1-3,9H2. The summed E-state index contributed by atoms with van der Waals surface area (Å²) in [5.41, 5.74) is 0.907. The molecule has 1 aliphatic carbocycles. The van der Waals surface area contributed by atoms with Gasteiger partial charge in [-0.05, 0) is 37.0 Å². The SMILES string of the molecule is N#Cc1ccc(-c2cnn(CC3CCC3)c2)c(OC(F)(F)F)c1. The van der Waals surface area contributed by atoms with Gasteiger partial charge >= 0.3 is 6.36 Å². The van der Waals surface area contributed by atoms with E-state index in [1.807, 2.05) is 6.07 Å². The van der Waals surface area contributed by atoms with Crippen molar-refractivity contribution in [3.8, 4) is 22.9 Å². The van der Waals surface area contributed by atoms with Gasteiger partial charge in [-0.3, -0.25) is 4.68 Å². The molecule has 1 aromatic heterocycles. The van der Waals surface area contributed by atoms with Crippen LogP contribution in [0.25, 0.3) is 11.1 Å². The first-order chi connectivity index (χ1) is 10.9. The zero-order chi connectivity index (χ0) is 16.4. The van der Waals surface area contributed by atoms with Crippen LogP contribution in [0.5, 0.6) is 5.75 Å². The van der Waals surface area contributed by atoms with Crippen molar-refractivity contribution in [2.75, 3.05) is 0 Å². The van der Waals surface area contributed by atoms with E-state index in [0.717, 1.165) is 25.5 Å². The molecule has 0 radical (unpaired) electrons. The van der Waals surface area contributed by atoms with Gasteiger partial charge in [0.15, 0.2) is 0 Å². The van der Waals surface area contributed by atoms with Crippen LogP contribution in [0.15, 0.2) is 30.6 Å². The number of nitrogens with zero attached hydrogens (tertiary/aromatic N) is 3. The van der Waals surface area contributed by atoms with Crippen LogP contribution in [0.4, 0.5) is 13.2 Å². The number of rotatable bonds is 4. The smallest absolute Gasteiger partial charge is 0.405 e. The van der Waals surface area contributed by atoms with Crippen LogP contribution in [0, 0.1) is 17.2 Å². The Hall–Kier alpha value is -2.49. The molecule has 0 atom stereocenters. The van der Waals surface area contributed by atoms with Crippen LogP contribution >= 0.6 is 0 Å².